The molecule has 0 unspecified atom stereocenters. The van der Waals surface area contributed by atoms with Crippen molar-refractivity contribution in [3.05, 3.63) is 30.3 Å². The van der Waals surface area contributed by atoms with Gasteiger partial charge in [0, 0.05) is 6.92 Å². The fourth-order valence-corrected chi connectivity index (χ4v) is 1.29. The minimum atomic E-state index is -0.854. The van der Waals surface area contributed by atoms with Crippen LogP contribution in [0.3, 0.4) is 0 Å². The van der Waals surface area contributed by atoms with Crippen LogP contribution in [0.4, 0.5) is 5.69 Å². The Bertz CT molecular complexity index is 532. The fourth-order valence-electron chi connectivity index (χ4n) is 1.29. The van der Waals surface area contributed by atoms with Crippen molar-refractivity contribution in [2.45, 2.75) is 13.8 Å². The number of carbonyl (C=O) groups excluding carboxylic acids is 2. The fraction of sp³-hybridized carbons (Fsp3) is 0.231. The normalized spacial score (nSPS) is 10.5. The second-order valence-corrected chi connectivity index (χ2v) is 3.45. The van der Waals surface area contributed by atoms with Crippen molar-refractivity contribution >= 4 is 23.3 Å². The Labute approximate surface area is 110 Å². The number of ether oxygens (including phenoxy) is 1. The molecule has 1 rings (SSSR count). The number of benzene rings is 1. The average Bonchev–Trinajstić information content (AvgIpc) is 2.40. The van der Waals surface area contributed by atoms with Crippen molar-refractivity contribution in [3.8, 4) is 6.07 Å². The second kappa shape index (κ2) is 6.91. The Balaban J connectivity index is 3.11. The number of esters is 1. The van der Waals surface area contributed by atoms with Crippen LogP contribution in [0.15, 0.2) is 35.4 Å². The zero-order valence-corrected chi connectivity index (χ0v) is 10.7. The quantitative estimate of drug-likeness (QED) is 0.466. The number of para-hydroxylation sites is 1. The van der Waals surface area contributed by atoms with Gasteiger partial charge in [-0.25, -0.2) is 4.79 Å². The minimum absolute atomic E-state index is 0.130. The summed E-state index contributed by atoms with van der Waals surface area (Å²) in [7, 11) is 0. The van der Waals surface area contributed by atoms with Crippen molar-refractivity contribution in [3.63, 3.8) is 0 Å². The Kier molecular flexibility index (Phi) is 5.23. The maximum absolute atomic E-state index is 11.5. The molecule has 0 aromatic heterocycles. The van der Waals surface area contributed by atoms with Gasteiger partial charge in [-0.2, -0.15) is 10.3 Å². The highest BCUT2D eigenvalue weighted by molar-refractivity contribution is 6.43. The van der Waals surface area contributed by atoms with Gasteiger partial charge in [-0.15, -0.1) is 5.10 Å². The topological polar surface area (TPSA) is 82.8 Å². The summed E-state index contributed by atoms with van der Waals surface area (Å²) in [5.41, 5.74) is -0.00653. The zero-order chi connectivity index (χ0) is 14.3. The third-order valence-corrected chi connectivity index (χ3v) is 2.07. The third-order valence-electron chi connectivity index (χ3n) is 2.07. The van der Waals surface area contributed by atoms with Crippen LogP contribution in [0.2, 0.25) is 0 Å². The third kappa shape index (κ3) is 3.92. The molecule has 0 aliphatic heterocycles. The molecule has 0 aliphatic carbocycles. The first-order chi connectivity index (χ1) is 9.10. The van der Waals surface area contributed by atoms with Gasteiger partial charge in [-0.3, -0.25) is 4.79 Å². The van der Waals surface area contributed by atoms with Gasteiger partial charge in [0.05, 0.1) is 12.3 Å². The Morgan fingerprint density at radius 1 is 1.37 bits per heavy atom. The van der Waals surface area contributed by atoms with Crippen LogP contribution in [0.5, 0.6) is 0 Å². The molecule has 0 N–H and O–H groups in total. The van der Waals surface area contributed by atoms with Gasteiger partial charge in [0.1, 0.15) is 6.07 Å². The highest BCUT2D eigenvalue weighted by Gasteiger charge is 2.17. The molecule has 0 aliphatic rings. The van der Waals surface area contributed by atoms with E-state index < -0.39 is 17.6 Å². The molecule has 1 amide bonds. The predicted octanol–water partition coefficient (Wildman–Crippen LogP) is 1.48. The molecule has 6 nitrogen and oxygen atoms in total. The molecule has 0 radical (unpaired) electrons. The van der Waals surface area contributed by atoms with E-state index in [0.29, 0.717) is 5.69 Å². The number of hydrogen-bond donors (Lipinski definition) is 0. The molecule has 0 atom stereocenters. The lowest BCUT2D eigenvalue weighted by Crippen LogP contribution is -2.27. The first-order valence-corrected chi connectivity index (χ1v) is 5.61. The number of carbonyl (C=O) groups is 2. The van der Waals surface area contributed by atoms with Gasteiger partial charge in [0.15, 0.2) is 0 Å². The molecule has 1 aromatic carbocycles. The predicted molar refractivity (Wildman–Crippen MR) is 69.3 cm³/mol. The van der Waals surface area contributed by atoms with Gasteiger partial charge >= 0.3 is 5.97 Å². The van der Waals surface area contributed by atoms with Crippen LogP contribution in [0.1, 0.15) is 13.8 Å². The first-order valence-electron chi connectivity index (χ1n) is 5.61. The second-order valence-electron chi connectivity index (χ2n) is 3.45. The molecule has 0 spiro atoms. The lowest BCUT2D eigenvalue weighted by molar-refractivity contribution is -0.134. The Morgan fingerprint density at radius 2 is 2.00 bits per heavy atom. The minimum Gasteiger partial charge on any atom is -0.461 e. The number of hydrazone groups is 1. The molecule has 0 fully saturated rings. The standard InChI is InChI=1S/C13H13N3O3/c1-3-19-13(18)12(9-14)15-16(10(2)17)11-7-5-4-6-8-11/h4-8H,3H2,1-2H3/b15-12-. The lowest BCUT2D eigenvalue weighted by atomic mass is 10.3. The molecule has 0 saturated heterocycles. The van der Waals surface area contributed by atoms with Crippen LogP contribution in [0, 0.1) is 11.3 Å². The molecule has 19 heavy (non-hydrogen) atoms. The summed E-state index contributed by atoms with van der Waals surface area (Å²) in [6.45, 7) is 3.04. The monoisotopic (exact) mass is 259 g/mol. The van der Waals surface area contributed by atoms with Crippen LogP contribution < -0.4 is 5.01 Å². The smallest absolute Gasteiger partial charge is 0.369 e. The summed E-state index contributed by atoms with van der Waals surface area (Å²) < 4.78 is 4.68. The molecule has 0 heterocycles. The lowest BCUT2D eigenvalue weighted by Gasteiger charge is -2.15. The van der Waals surface area contributed by atoms with Crippen LogP contribution in [0.25, 0.3) is 0 Å². The summed E-state index contributed by atoms with van der Waals surface area (Å²) in [4.78, 5) is 23.0. The van der Waals surface area contributed by atoms with E-state index >= 15 is 0 Å². The number of rotatable bonds is 4. The SMILES string of the molecule is CCOC(=O)/C(C#N)=N\N(C(C)=O)c1ccccc1. The van der Waals surface area contributed by atoms with Crippen molar-refractivity contribution in [2.24, 2.45) is 5.10 Å². The van der Waals surface area contributed by atoms with Gasteiger partial charge in [-0.05, 0) is 19.1 Å². The largest absolute Gasteiger partial charge is 0.461 e. The zero-order valence-electron chi connectivity index (χ0n) is 10.7. The molecule has 0 saturated carbocycles. The maximum atomic E-state index is 11.5. The molecule has 0 bridgehead atoms. The van der Waals surface area contributed by atoms with E-state index in [9.17, 15) is 9.59 Å². The molecular weight excluding hydrogens is 246 g/mol. The summed E-state index contributed by atoms with van der Waals surface area (Å²) in [6.07, 6.45) is 0. The van der Waals surface area contributed by atoms with E-state index in [1.165, 1.54) is 6.92 Å². The van der Waals surface area contributed by atoms with Crippen molar-refractivity contribution < 1.29 is 14.3 Å². The number of nitriles is 1. The average molecular weight is 259 g/mol. The van der Waals surface area contributed by atoms with E-state index in [1.807, 2.05) is 0 Å². The number of hydrogen-bond acceptors (Lipinski definition) is 5. The molecular formula is C13H13N3O3. The Hall–Kier alpha value is -2.68. The summed E-state index contributed by atoms with van der Waals surface area (Å²) in [5.74, 6) is -1.27. The van der Waals surface area contributed by atoms with Crippen molar-refractivity contribution in [2.75, 3.05) is 11.6 Å². The van der Waals surface area contributed by atoms with Crippen molar-refractivity contribution in [1.82, 2.24) is 0 Å². The maximum Gasteiger partial charge on any atom is 0.369 e. The van der Waals surface area contributed by atoms with Gasteiger partial charge in [0.25, 0.3) is 0 Å². The van der Waals surface area contributed by atoms with Gasteiger partial charge in [0.2, 0.25) is 11.6 Å². The molecule has 1 aromatic rings. The number of anilines is 1. The van der Waals surface area contributed by atoms with Gasteiger partial charge in [-0.1, -0.05) is 18.2 Å². The van der Waals surface area contributed by atoms with Crippen molar-refractivity contribution in [1.29, 1.82) is 5.26 Å². The highest BCUT2D eigenvalue weighted by Crippen LogP contribution is 2.14. The van der Waals surface area contributed by atoms with Crippen LogP contribution in [-0.2, 0) is 14.3 Å². The first kappa shape index (κ1) is 14.4. The summed E-state index contributed by atoms with van der Waals surface area (Å²) >= 11 is 0. The molecule has 98 valence electrons. The van der Waals surface area contributed by atoms with E-state index in [1.54, 1.807) is 43.3 Å². The van der Waals surface area contributed by atoms with E-state index in [2.05, 4.69) is 9.84 Å². The van der Waals surface area contributed by atoms with E-state index in [-0.39, 0.29) is 6.61 Å². The van der Waals surface area contributed by atoms with Gasteiger partial charge < -0.3 is 4.74 Å². The van der Waals surface area contributed by atoms with Crippen LogP contribution in [-0.4, -0.2) is 24.2 Å². The van der Waals surface area contributed by atoms with Crippen LogP contribution >= 0.6 is 0 Å². The summed E-state index contributed by atoms with van der Waals surface area (Å²) in [5, 5.41) is 13.6. The van der Waals surface area contributed by atoms with E-state index in [4.69, 9.17) is 5.26 Å². The Morgan fingerprint density at radius 3 is 2.47 bits per heavy atom. The number of nitrogens with zero attached hydrogens (tertiary/aromatic N) is 3. The van der Waals surface area contributed by atoms with E-state index in [0.717, 1.165) is 5.01 Å². The summed E-state index contributed by atoms with van der Waals surface area (Å²) in [6, 6.07) is 10.1. The highest BCUT2D eigenvalue weighted by atomic mass is 16.5. The molecule has 6 heteroatoms. The number of amides is 1.